The van der Waals surface area contributed by atoms with Gasteiger partial charge in [-0.3, -0.25) is 9.59 Å². The first-order valence-electron chi connectivity index (χ1n) is 8.09. The van der Waals surface area contributed by atoms with Gasteiger partial charge < -0.3 is 14.6 Å². The second-order valence-electron chi connectivity index (χ2n) is 6.28. The van der Waals surface area contributed by atoms with Crippen LogP contribution in [0.1, 0.15) is 27.0 Å². The number of amides is 1. The van der Waals surface area contributed by atoms with E-state index in [1.165, 1.54) is 6.07 Å². The maximum Gasteiger partial charge on any atom is 0.287 e. The summed E-state index contributed by atoms with van der Waals surface area (Å²) in [5.74, 6) is -0.423. The third kappa shape index (κ3) is 3.82. The van der Waals surface area contributed by atoms with Crippen LogP contribution in [0, 0.1) is 6.92 Å². The Labute approximate surface area is 160 Å². The fourth-order valence-electron chi connectivity index (χ4n) is 2.68. The molecule has 3 aromatic rings. The number of nitrogens with zero attached hydrogens (tertiary/aromatic N) is 1. The number of hydrogen-bond donors (Lipinski definition) is 1. The summed E-state index contributed by atoms with van der Waals surface area (Å²) in [6.07, 6.45) is 0. The van der Waals surface area contributed by atoms with Crippen LogP contribution in [-0.4, -0.2) is 31.4 Å². The highest BCUT2D eigenvalue weighted by molar-refractivity contribution is 7.10. The molecule has 26 heavy (non-hydrogen) atoms. The second kappa shape index (κ2) is 7.61. The topological polar surface area (TPSA) is 62.6 Å². The summed E-state index contributed by atoms with van der Waals surface area (Å²) in [6, 6.07) is 8.51. The van der Waals surface area contributed by atoms with Crippen molar-refractivity contribution in [3.05, 3.63) is 67.2 Å². The zero-order valence-electron chi connectivity index (χ0n) is 14.7. The zero-order valence-corrected chi connectivity index (χ0v) is 16.3. The molecular weight excluding hydrogens is 372 g/mol. The number of benzene rings is 1. The summed E-state index contributed by atoms with van der Waals surface area (Å²) >= 11 is 7.70. The van der Waals surface area contributed by atoms with E-state index in [1.54, 1.807) is 23.5 Å². The van der Waals surface area contributed by atoms with Crippen LogP contribution < -0.4 is 10.7 Å². The normalized spacial score (nSPS) is 12.5. The molecule has 2 heterocycles. The van der Waals surface area contributed by atoms with Crippen LogP contribution in [0.4, 0.5) is 0 Å². The molecule has 0 radical (unpaired) electrons. The summed E-state index contributed by atoms with van der Waals surface area (Å²) in [6.45, 7) is 2.23. The standard InChI is InChI=1S/C19H19ClN2O3S/c1-11-7-16-12(8-13(11)20)15(23)9-17(25-16)19(24)21-10-14(22(2)3)18-5-4-6-26-18/h4-9,14H,10H2,1-3H3,(H,21,24)/t14-/m0/s1. The van der Waals surface area contributed by atoms with Crippen LogP contribution in [0.2, 0.25) is 5.02 Å². The Morgan fingerprint density at radius 1 is 1.35 bits per heavy atom. The molecule has 7 heteroatoms. The van der Waals surface area contributed by atoms with Crippen LogP contribution in [0.15, 0.2) is 44.9 Å². The molecule has 0 bridgehead atoms. The fourth-order valence-corrected chi connectivity index (χ4v) is 3.77. The van der Waals surface area contributed by atoms with Gasteiger partial charge in [-0.15, -0.1) is 11.3 Å². The zero-order chi connectivity index (χ0) is 18.8. The lowest BCUT2D eigenvalue weighted by Gasteiger charge is -2.23. The minimum atomic E-state index is -0.417. The lowest BCUT2D eigenvalue weighted by atomic mass is 10.1. The minimum absolute atomic E-state index is 0.00657. The molecule has 0 saturated carbocycles. The van der Waals surface area contributed by atoms with Gasteiger partial charge in [0, 0.05) is 22.5 Å². The molecule has 0 unspecified atom stereocenters. The molecule has 1 atom stereocenters. The van der Waals surface area contributed by atoms with Gasteiger partial charge in [-0.1, -0.05) is 17.7 Å². The third-order valence-corrected chi connectivity index (χ3v) is 5.56. The Morgan fingerprint density at radius 3 is 2.77 bits per heavy atom. The number of carbonyl (C=O) groups excluding carboxylic acids is 1. The molecule has 1 aromatic carbocycles. The number of likely N-dealkylation sites (N-methyl/N-ethyl adjacent to an activating group) is 1. The Hall–Kier alpha value is -2.15. The number of nitrogens with one attached hydrogen (secondary N) is 1. The van der Waals surface area contributed by atoms with Crippen LogP contribution in [0.3, 0.4) is 0 Å². The van der Waals surface area contributed by atoms with Crippen molar-refractivity contribution in [3.63, 3.8) is 0 Å². The van der Waals surface area contributed by atoms with Crippen LogP contribution in [0.5, 0.6) is 0 Å². The summed E-state index contributed by atoms with van der Waals surface area (Å²) in [5.41, 5.74) is 0.845. The highest BCUT2D eigenvalue weighted by Crippen LogP contribution is 2.23. The van der Waals surface area contributed by atoms with Gasteiger partial charge in [0.05, 0.1) is 11.4 Å². The molecule has 136 valence electrons. The second-order valence-corrected chi connectivity index (χ2v) is 7.66. The molecule has 0 aliphatic heterocycles. The van der Waals surface area contributed by atoms with E-state index in [4.69, 9.17) is 16.0 Å². The molecule has 0 spiro atoms. The number of carbonyl (C=O) groups is 1. The maximum absolute atomic E-state index is 12.5. The Morgan fingerprint density at radius 2 is 2.12 bits per heavy atom. The summed E-state index contributed by atoms with van der Waals surface area (Å²) in [4.78, 5) is 28.0. The monoisotopic (exact) mass is 390 g/mol. The molecule has 0 fully saturated rings. The van der Waals surface area contributed by atoms with E-state index in [9.17, 15) is 9.59 Å². The fraction of sp³-hybridized carbons (Fsp3) is 0.263. The molecule has 0 aliphatic carbocycles. The van der Waals surface area contributed by atoms with E-state index >= 15 is 0 Å². The summed E-state index contributed by atoms with van der Waals surface area (Å²) < 4.78 is 5.64. The lowest BCUT2D eigenvalue weighted by molar-refractivity contribution is 0.0915. The van der Waals surface area contributed by atoms with Gasteiger partial charge in [-0.05, 0) is 50.2 Å². The molecule has 1 amide bonds. The number of aryl methyl sites for hydroxylation is 1. The van der Waals surface area contributed by atoms with Crippen molar-refractivity contribution in [2.45, 2.75) is 13.0 Å². The van der Waals surface area contributed by atoms with Crippen molar-refractivity contribution in [2.24, 2.45) is 0 Å². The lowest BCUT2D eigenvalue weighted by Crippen LogP contribution is -2.34. The van der Waals surface area contributed by atoms with Crippen molar-refractivity contribution < 1.29 is 9.21 Å². The first-order valence-corrected chi connectivity index (χ1v) is 9.34. The average Bonchev–Trinajstić information content (AvgIpc) is 3.10. The van der Waals surface area contributed by atoms with Crippen molar-refractivity contribution in [1.82, 2.24) is 10.2 Å². The Bertz CT molecular complexity index is 996. The molecule has 3 rings (SSSR count). The van der Waals surface area contributed by atoms with E-state index in [1.807, 2.05) is 43.4 Å². The van der Waals surface area contributed by atoms with Crippen LogP contribution >= 0.6 is 22.9 Å². The van der Waals surface area contributed by atoms with Crippen molar-refractivity contribution >= 4 is 39.8 Å². The van der Waals surface area contributed by atoms with Crippen molar-refractivity contribution in [3.8, 4) is 0 Å². The van der Waals surface area contributed by atoms with E-state index in [0.717, 1.165) is 10.4 Å². The molecule has 1 N–H and O–H groups in total. The first-order chi connectivity index (χ1) is 12.4. The SMILES string of the molecule is Cc1cc2oc(C(=O)NC[C@@H](c3cccs3)N(C)C)cc(=O)c2cc1Cl. The molecule has 0 aliphatic rings. The largest absolute Gasteiger partial charge is 0.451 e. The smallest absolute Gasteiger partial charge is 0.287 e. The van der Waals surface area contributed by atoms with Crippen LogP contribution in [0.25, 0.3) is 11.0 Å². The minimum Gasteiger partial charge on any atom is -0.451 e. The average molecular weight is 391 g/mol. The van der Waals surface area contributed by atoms with E-state index in [2.05, 4.69) is 5.32 Å². The summed E-state index contributed by atoms with van der Waals surface area (Å²) in [5, 5.41) is 5.71. The van der Waals surface area contributed by atoms with Gasteiger partial charge in [-0.2, -0.15) is 0 Å². The van der Waals surface area contributed by atoms with Gasteiger partial charge in [0.15, 0.2) is 11.2 Å². The van der Waals surface area contributed by atoms with Crippen LogP contribution in [-0.2, 0) is 0 Å². The summed E-state index contributed by atoms with van der Waals surface area (Å²) in [7, 11) is 3.92. The van der Waals surface area contributed by atoms with E-state index in [-0.39, 0.29) is 17.2 Å². The van der Waals surface area contributed by atoms with Gasteiger partial charge in [-0.25, -0.2) is 0 Å². The predicted octanol–water partition coefficient (Wildman–Crippen LogP) is 3.85. The quantitative estimate of drug-likeness (QED) is 0.718. The number of halogens is 1. The van der Waals surface area contributed by atoms with E-state index in [0.29, 0.717) is 22.5 Å². The van der Waals surface area contributed by atoms with Crippen molar-refractivity contribution in [2.75, 3.05) is 20.6 Å². The molecular formula is C19H19ClN2O3S. The molecule has 2 aromatic heterocycles. The molecule has 5 nitrogen and oxygen atoms in total. The molecule has 0 saturated heterocycles. The highest BCUT2D eigenvalue weighted by atomic mass is 35.5. The number of fused-ring (bicyclic) bond motifs is 1. The maximum atomic E-state index is 12.5. The highest BCUT2D eigenvalue weighted by Gasteiger charge is 2.18. The van der Waals surface area contributed by atoms with Gasteiger partial charge in [0.25, 0.3) is 5.91 Å². The number of rotatable bonds is 5. The van der Waals surface area contributed by atoms with Gasteiger partial charge in [0.1, 0.15) is 5.58 Å². The predicted molar refractivity (Wildman–Crippen MR) is 105 cm³/mol. The van der Waals surface area contributed by atoms with E-state index < -0.39 is 5.91 Å². The number of hydrogen-bond acceptors (Lipinski definition) is 5. The third-order valence-electron chi connectivity index (χ3n) is 4.18. The first kappa shape index (κ1) is 18.6. The van der Waals surface area contributed by atoms with Gasteiger partial charge in [0.2, 0.25) is 0 Å². The number of thiophene rings is 1. The van der Waals surface area contributed by atoms with Gasteiger partial charge >= 0.3 is 0 Å². The Kier molecular flexibility index (Phi) is 5.46. The Balaban J connectivity index is 1.83. The van der Waals surface area contributed by atoms with Crippen molar-refractivity contribution in [1.29, 1.82) is 0 Å².